The van der Waals surface area contributed by atoms with Gasteiger partial charge in [0.2, 0.25) is 0 Å². The fraction of sp³-hybridized carbons (Fsp3) is 0.294. The number of hydrogen-bond acceptors (Lipinski definition) is 6. The Labute approximate surface area is 147 Å². The maximum atomic E-state index is 13.1. The van der Waals surface area contributed by atoms with Crippen molar-refractivity contribution in [1.82, 2.24) is 25.3 Å². The fourth-order valence-corrected chi connectivity index (χ4v) is 3.00. The number of pyridine rings is 2. The first kappa shape index (κ1) is 16.6. The van der Waals surface area contributed by atoms with Crippen molar-refractivity contribution in [3.05, 3.63) is 43.0 Å². The Bertz CT molecular complexity index is 915. The molecule has 9 heteroatoms. The summed E-state index contributed by atoms with van der Waals surface area (Å²) in [5.74, 6) is 0.921. The van der Waals surface area contributed by atoms with Crippen LogP contribution in [0, 0.1) is 0 Å². The van der Waals surface area contributed by atoms with Crippen molar-refractivity contribution in [2.24, 2.45) is 0 Å². The van der Waals surface area contributed by atoms with E-state index < -0.39 is 12.2 Å². The molecule has 26 heavy (non-hydrogen) atoms. The van der Waals surface area contributed by atoms with Gasteiger partial charge in [-0.1, -0.05) is 0 Å². The first-order valence-electron chi connectivity index (χ1n) is 8.09. The van der Waals surface area contributed by atoms with Crippen LogP contribution in [-0.4, -0.2) is 51.8 Å². The van der Waals surface area contributed by atoms with E-state index in [0.717, 1.165) is 5.56 Å². The minimum absolute atomic E-state index is 0.201. The molecule has 1 saturated heterocycles. The molecule has 134 valence electrons. The lowest BCUT2D eigenvalue weighted by atomic mass is 10.1. The molecule has 0 aliphatic carbocycles. The number of aromatic nitrogens is 4. The molecule has 0 radical (unpaired) electrons. The van der Waals surface area contributed by atoms with Crippen LogP contribution >= 0.6 is 0 Å². The van der Waals surface area contributed by atoms with Gasteiger partial charge in [-0.25, -0.2) is 9.97 Å². The number of piperazine rings is 1. The summed E-state index contributed by atoms with van der Waals surface area (Å²) < 4.78 is 39.4. The lowest BCUT2D eigenvalue weighted by Crippen LogP contribution is -2.57. The minimum atomic E-state index is -4.31. The van der Waals surface area contributed by atoms with Gasteiger partial charge in [0.05, 0.1) is 11.7 Å². The normalized spacial score (nSPS) is 18.3. The number of alkyl halides is 3. The highest BCUT2D eigenvalue weighted by Gasteiger charge is 2.42. The van der Waals surface area contributed by atoms with Crippen LogP contribution in [0.5, 0.6) is 0 Å². The van der Waals surface area contributed by atoms with Crippen molar-refractivity contribution in [2.75, 3.05) is 24.5 Å². The Morgan fingerprint density at radius 1 is 1.04 bits per heavy atom. The number of hydrogen-bond donors (Lipinski definition) is 1. The predicted molar refractivity (Wildman–Crippen MR) is 90.6 cm³/mol. The van der Waals surface area contributed by atoms with Crippen LogP contribution in [0.2, 0.25) is 0 Å². The molecule has 3 aromatic rings. The average molecular weight is 360 g/mol. The molecule has 0 aromatic carbocycles. The molecular formula is C17H15F3N6. The third-order valence-electron chi connectivity index (χ3n) is 4.29. The molecule has 0 amide bonds. The molecule has 0 unspecified atom stereocenters. The van der Waals surface area contributed by atoms with Crippen molar-refractivity contribution < 1.29 is 13.2 Å². The maximum absolute atomic E-state index is 13.1. The van der Waals surface area contributed by atoms with E-state index in [2.05, 4.69) is 25.3 Å². The Kier molecular flexibility index (Phi) is 4.15. The van der Waals surface area contributed by atoms with Crippen LogP contribution in [0.1, 0.15) is 0 Å². The Morgan fingerprint density at radius 3 is 2.58 bits per heavy atom. The zero-order chi connectivity index (χ0) is 18.1. The summed E-state index contributed by atoms with van der Waals surface area (Å²) in [5.41, 5.74) is 1.33. The second-order valence-corrected chi connectivity index (χ2v) is 5.99. The van der Waals surface area contributed by atoms with Gasteiger partial charge in [0.15, 0.2) is 5.82 Å². The zero-order valence-electron chi connectivity index (χ0n) is 13.6. The van der Waals surface area contributed by atoms with Crippen LogP contribution in [0.15, 0.2) is 43.0 Å². The molecule has 1 aliphatic heterocycles. The van der Waals surface area contributed by atoms with Gasteiger partial charge < -0.3 is 10.2 Å². The summed E-state index contributed by atoms with van der Waals surface area (Å²) >= 11 is 0. The van der Waals surface area contributed by atoms with Crippen molar-refractivity contribution in [3.8, 4) is 11.4 Å². The lowest BCUT2D eigenvalue weighted by Gasteiger charge is -2.35. The van der Waals surface area contributed by atoms with Crippen molar-refractivity contribution >= 4 is 16.7 Å². The molecule has 1 N–H and O–H groups in total. The van der Waals surface area contributed by atoms with E-state index in [-0.39, 0.29) is 13.1 Å². The molecule has 0 bridgehead atoms. The number of nitrogens with zero attached hydrogens (tertiary/aromatic N) is 5. The molecule has 4 heterocycles. The molecule has 4 rings (SSSR count). The van der Waals surface area contributed by atoms with Gasteiger partial charge in [0.25, 0.3) is 0 Å². The van der Waals surface area contributed by atoms with Gasteiger partial charge in [0, 0.05) is 49.2 Å². The Hall–Kier alpha value is -2.81. The minimum Gasteiger partial charge on any atom is -0.353 e. The fourth-order valence-electron chi connectivity index (χ4n) is 3.00. The zero-order valence-corrected chi connectivity index (χ0v) is 13.6. The maximum Gasteiger partial charge on any atom is 0.405 e. The van der Waals surface area contributed by atoms with Crippen LogP contribution < -0.4 is 10.2 Å². The van der Waals surface area contributed by atoms with Gasteiger partial charge in [-0.15, -0.1) is 0 Å². The van der Waals surface area contributed by atoms with Crippen molar-refractivity contribution in [3.63, 3.8) is 0 Å². The quantitative estimate of drug-likeness (QED) is 0.757. The molecule has 6 nitrogen and oxygen atoms in total. The number of fused-ring (bicyclic) bond motifs is 1. The van der Waals surface area contributed by atoms with E-state index in [9.17, 15) is 13.2 Å². The van der Waals surface area contributed by atoms with Crippen LogP contribution in [-0.2, 0) is 0 Å². The Balaban J connectivity index is 1.81. The molecule has 0 spiro atoms. The summed E-state index contributed by atoms with van der Waals surface area (Å²) in [6, 6.07) is 3.66. The summed E-state index contributed by atoms with van der Waals surface area (Å²) in [6.45, 7) is 0.454. The van der Waals surface area contributed by atoms with Gasteiger partial charge in [-0.3, -0.25) is 9.97 Å². The highest BCUT2D eigenvalue weighted by molar-refractivity contribution is 5.90. The first-order chi connectivity index (χ1) is 12.5. The third-order valence-corrected chi connectivity index (χ3v) is 4.29. The van der Waals surface area contributed by atoms with Gasteiger partial charge in [-0.05, 0) is 18.2 Å². The summed E-state index contributed by atoms with van der Waals surface area (Å²) in [6.07, 6.45) is 2.11. The van der Waals surface area contributed by atoms with Gasteiger partial charge >= 0.3 is 6.18 Å². The number of nitrogens with one attached hydrogen (secondary N) is 1. The van der Waals surface area contributed by atoms with E-state index in [4.69, 9.17) is 0 Å². The molecule has 1 aliphatic rings. The van der Waals surface area contributed by atoms with Crippen LogP contribution in [0.25, 0.3) is 22.3 Å². The van der Waals surface area contributed by atoms with E-state index in [1.54, 1.807) is 47.9 Å². The SMILES string of the molecule is FC(F)(F)[C@@H]1CN(c2nc(-c3ccncc3)nc3cnccc23)CCN1. The van der Waals surface area contributed by atoms with Crippen LogP contribution in [0.4, 0.5) is 19.0 Å². The first-order valence-corrected chi connectivity index (χ1v) is 8.09. The van der Waals surface area contributed by atoms with E-state index >= 15 is 0 Å². The number of halogens is 3. The van der Waals surface area contributed by atoms with Gasteiger partial charge in [-0.2, -0.15) is 13.2 Å². The largest absolute Gasteiger partial charge is 0.405 e. The van der Waals surface area contributed by atoms with Crippen molar-refractivity contribution in [1.29, 1.82) is 0 Å². The highest BCUT2D eigenvalue weighted by Crippen LogP contribution is 2.30. The standard InChI is InChI=1S/C17H15F3N6/c18-17(19,20)14-10-26(8-7-23-14)16-12-3-6-22-9-13(12)24-15(25-16)11-1-4-21-5-2-11/h1-6,9,14,23H,7-8,10H2/t14-/m0/s1. The Morgan fingerprint density at radius 2 is 1.81 bits per heavy atom. The molecule has 1 atom stereocenters. The van der Waals surface area contributed by atoms with E-state index in [1.165, 1.54) is 0 Å². The topological polar surface area (TPSA) is 66.8 Å². The third kappa shape index (κ3) is 3.17. The van der Waals surface area contributed by atoms with E-state index in [0.29, 0.717) is 29.1 Å². The molecule has 0 saturated carbocycles. The highest BCUT2D eigenvalue weighted by atomic mass is 19.4. The second-order valence-electron chi connectivity index (χ2n) is 5.99. The average Bonchev–Trinajstić information content (AvgIpc) is 2.67. The summed E-state index contributed by atoms with van der Waals surface area (Å²) in [7, 11) is 0. The number of rotatable bonds is 2. The molecular weight excluding hydrogens is 345 g/mol. The smallest absolute Gasteiger partial charge is 0.353 e. The predicted octanol–water partition coefficient (Wildman–Crippen LogP) is 2.43. The molecule has 3 aromatic heterocycles. The van der Waals surface area contributed by atoms with Crippen molar-refractivity contribution in [2.45, 2.75) is 12.2 Å². The van der Waals surface area contributed by atoms with Gasteiger partial charge in [0.1, 0.15) is 11.9 Å². The lowest BCUT2D eigenvalue weighted by molar-refractivity contribution is -0.155. The number of anilines is 1. The van der Waals surface area contributed by atoms with E-state index in [1.807, 2.05) is 0 Å². The summed E-state index contributed by atoms with van der Waals surface area (Å²) in [4.78, 5) is 18.8. The molecule has 1 fully saturated rings. The van der Waals surface area contributed by atoms with Crippen LogP contribution in [0.3, 0.4) is 0 Å². The second kappa shape index (κ2) is 6.49. The summed E-state index contributed by atoms with van der Waals surface area (Å²) in [5, 5.41) is 3.20. The monoisotopic (exact) mass is 360 g/mol.